The number of benzene rings is 1. The second kappa shape index (κ2) is 5.46. The van der Waals surface area contributed by atoms with Crippen molar-refractivity contribution in [3.05, 3.63) is 51.9 Å². The maximum Gasteiger partial charge on any atom is 0.339 e. The standard InChI is InChI=1S/C14H12ClFN2O2/c1-7-6-8(2)17-13(11(7)14(19)20)18-10-5-3-4-9(15)12(10)16/h3-6H,1-2H3,(H,17,18)(H,19,20). The molecule has 0 fully saturated rings. The maximum absolute atomic E-state index is 13.9. The summed E-state index contributed by atoms with van der Waals surface area (Å²) in [6.07, 6.45) is 0. The zero-order valence-electron chi connectivity index (χ0n) is 10.9. The molecular weight excluding hydrogens is 283 g/mol. The number of aryl methyl sites for hydroxylation is 2. The molecule has 0 saturated carbocycles. The third kappa shape index (κ3) is 2.72. The van der Waals surface area contributed by atoms with Gasteiger partial charge in [-0.2, -0.15) is 0 Å². The van der Waals surface area contributed by atoms with E-state index in [1.807, 2.05) is 0 Å². The van der Waals surface area contributed by atoms with Crippen LogP contribution in [0.25, 0.3) is 0 Å². The van der Waals surface area contributed by atoms with Gasteiger partial charge in [-0.1, -0.05) is 17.7 Å². The molecule has 0 aliphatic rings. The number of carboxylic acids is 1. The molecule has 0 unspecified atom stereocenters. The largest absolute Gasteiger partial charge is 0.478 e. The predicted molar refractivity (Wildman–Crippen MR) is 75.4 cm³/mol. The van der Waals surface area contributed by atoms with E-state index in [0.717, 1.165) is 0 Å². The predicted octanol–water partition coefficient (Wildman–Crippen LogP) is 3.93. The summed E-state index contributed by atoms with van der Waals surface area (Å²) in [6, 6.07) is 6.10. The number of hydrogen-bond donors (Lipinski definition) is 2. The number of anilines is 2. The van der Waals surface area contributed by atoms with E-state index in [2.05, 4.69) is 10.3 Å². The highest BCUT2D eigenvalue weighted by molar-refractivity contribution is 6.31. The van der Waals surface area contributed by atoms with E-state index in [0.29, 0.717) is 11.3 Å². The molecule has 0 aliphatic carbocycles. The number of carboxylic acid groups (broad SMARTS) is 1. The van der Waals surface area contributed by atoms with Gasteiger partial charge in [-0.15, -0.1) is 0 Å². The van der Waals surface area contributed by atoms with Gasteiger partial charge in [0.05, 0.1) is 10.7 Å². The Morgan fingerprint density at radius 3 is 2.75 bits per heavy atom. The molecule has 2 N–H and O–H groups in total. The minimum atomic E-state index is -1.13. The van der Waals surface area contributed by atoms with E-state index in [9.17, 15) is 14.3 Å². The number of nitrogens with one attached hydrogen (secondary N) is 1. The van der Waals surface area contributed by atoms with Crippen LogP contribution in [-0.4, -0.2) is 16.1 Å². The Bertz CT molecular complexity index is 689. The van der Waals surface area contributed by atoms with Gasteiger partial charge in [0.2, 0.25) is 0 Å². The monoisotopic (exact) mass is 294 g/mol. The lowest BCUT2D eigenvalue weighted by Crippen LogP contribution is -2.09. The first-order valence-corrected chi connectivity index (χ1v) is 6.20. The summed E-state index contributed by atoms with van der Waals surface area (Å²) in [6.45, 7) is 3.40. The number of carbonyl (C=O) groups is 1. The molecule has 0 amide bonds. The molecule has 0 saturated heterocycles. The molecule has 6 heteroatoms. The van der Waals surface area contributed by atoms with Gasteiger partial charge in [0.1, 0.15) is 11.4 Å². The number of nitrogens with zero attached hydrogens (tertiary/aromatic N) is 1. The van der Waals surface area contributed by atoms with Gasteiger partial charge in [-0.05, 0) is 37.6 Å². The smallest absolute Gasteiger partial charge is 0.339 e. The number of halogens is 2. The van der Waals surface area contributed by atoms with E-state index in [1.165, 1.54) is 12.1 Å². The first kappa shape index (κ1) is 14.3. The highest BCUT2D eigenvalue weighted by Gasteiger charge is 2.17. The topological polar surface area (TPSA) is 62.2 Å². The summed E-state index contributed by atoms with van der Waals surface area (Å²) in [4.78, 5) is 15.4. The van der Waals surface area contributed by atoms with Crippen molar-refractivity contribution >= 4 is 29.1 Å². The van der Waals surface area contributed by atoms with Gasteiger partial charge in [-0.25, -0.2) is 14.2 Å². The van der Waals surface area contributed by atoms with Gasteiger partial charge in [0, 0.05) is 5.69 Å². The Morgan fingerprint density at radius 2 is 2.10 bits per heavy atom. The van der Waals surface area contributed by atoms with Crippen LogP contribution >= 0.6 is 11.6 Å². The third-order valence-electron chi connectivity index (χ3n) is 2.76. The van der Waals surface area contributed by atoms with Crippen molar-refractivity contribution in [1.29, 1.82) is 0 Å². The summed E-state index contributed by atoms with van der Waals surface area (Å²) in [7, 11) is 0. The SMILES string of the molecule is Cc1cc(C)c(C(=O)O)c(Nc2cccc(Cl)c2F)n1. The molecule has 1 heterocycles. The summed E-state index contributed by atoms with van der Waals surface area (Å²) in [5.74, 6) is -1.68. The number of rotatable bonds is 3. The van der Waals surface area contributed by atoms with Crippen molar-refractivity contribution in [2.45, 2.75) is 13.8 Å². The first-order chi connectivity index (χ1) is 9.40. The van der Waals surface area contributed by atoms with Gasteiger partial charge in [0.25, 0.3) is 0 Å². The molecule has 0 aliphatic heterocycles. The lowest BCUT2D eigenvalue weighted by Gasteiger charge is -2.12. The molecule has 20 heavy (non-hydrogen) atoms. The van der Waals surface area contributed by atoms with Crippen LogP contribution in [0.1, 0.15) is 21.6 Å². The lowest BCUT2D eigenvalue weighted by atomic mass is 10.1. The van der Waals surface area contributed by atoms with Crippen LogP contribution in [-0.2, 0) is 0 Å². The van der Waals surface area contributed by atoms with Crippen molar-refractivity contribution in [2.75, 3.05) is 5.32 Å². The Kier molecular flexibility index (Phi) is 3.90. The summed E-state index contributed by atoms with van der Waals surface area (Å²) >= 11 is 5.69. The Morgan fingerprint density at radius 1 is 1.40 bits per heavy atom. The minimum absolute atomic E-state index is 0.00924. The molecule has 104 valence electrons. The lowest BCUT2D eigenvalue weighted by molar-refractivity contribution is 0.0697. The summed E-state index contributed by atoms with van der Waals surface area (Å²) < 4.78 is 13.9. The zero-order valence-corrected chi connectivity index (χ0v) is 11.6. The Labute approximate surface area is 120 Å². The molecule has 1 aromatic heterocycles. The molecule has 0 atom stereocenters. The first-order valence-electron chi connectivity index (χ1n) is 5.82. The normalized spacial score (nSPS) is 10.4. The molecule has 1 aromatic carbocycles. The third-order valence-corrected chi connectivity index (χ3v) is 3.06. The van der Waals surface area contributed by atoms with Crippen molar-refractivity contribution in [3.8, 4) is 0 Å². The van der Waals surface area contributed by atoms with Crippen molar-refractivity contribution in [3.63, 3.8) is 0 Å². The molecule has 4 nitrogen and oxygen atoms in total. The fourth-order valence-electron chi connectivity index (χ4n) is 1.93. The van der Waals surface area contributed by atoms with E-state index in [4.69, 9.17) is 11.6 Å². The van der Waals surface area contributed by atoms with Gasteiger partial charge < -0.3 is 10.4 Å². The highest BCUT2D eigenvalue weighted by Crippen LogP contribution is 2.27. The minimum Gasteiger partial charge on any atom is -0.478 e. The van der Waals surface area contributed by atoms with Crippen LogP contribution in [0.3, 0.4) is 0 Å². The van der Waals surface area contributed by atoms with E-state index < -0.39 is 11.8 Å². The van der Waals surface area contributed by atoms with Gasteiger partial charge in [-0.3, -0.25) is 0 Å². The van der Waals surface area contributed by atoms with Gasteiger partial charge >= 0.3 is 5.97 Å². The van der Waals surface area contributed by atoms with Crippen LogP contribution in [0.2, 0.25) is 5.02 Å². The molecule has 0 spiro atoms. The van der Waals surface area contributed by atoms with Crippen molar-refractivity contribution in [2.24, 2.45) is 0 Å². The number of pyridine rings is 1. The van der Waals surface area contributed by atoms with Crippen molar-refractivity contribution in [1.82, 2.24) is 4.98 Å². The Balaban J connectivity index is 2.53. The van der Waals surface area contributed by atoms with Crippen LogP contribution in [0, 0.1) is 19.7 Å². The second-order valence-electron chi connectivity index (χ2n) is 4.34. The molecule has 0 bridgehead atoms. The number of aromatic nitrogens is 1. The zero-order chi connectivity index (χ0) is 14.9. The fraction of sp³-hybridized carbons (Fsp3) is 0.143. The van der Waals surface area contributed by atoms with Crippen LogP contribution in [0.4, 0.5) is 15.9 Å². The average molecular weight is 295 g/mol. The Hall–Kier alpha value is -2.14. The van der Waals surface area contributed by atoms with E-state index in [1.54, 1.807) is 26.0 Å². The molecule has 0 radical (unpaired) electrons. The molecular formula is C14H12ClFN2O2. The summed E-state index contributed by atoms with van der Waals surface area (Å²) in [5.41, 5.74) is 1.28. The molecule has 2 aromatic rings. The summed E-state index contributed by atoms with van der Waals surface area (Å²) in [5, 5.41) is 11.9. The van der Waals surface area contributed by atoms with E-state index >= 15 is 0 Å². The highest BCUT2D eigenvalue weighted by atomic mass is 35.5. The van der Waals surface area contributed by atoms with Crippen LogP contribution in [0.5, 0.6) is 0 Å². The van der Waals surface area contributed by atoms with Crippen LogP contribution < -0.4 is 5.32 Å². The second-order valence-corrected chi connectivity index (χ2v) is 4.74. The maximum atomic E-state index is 13.9. The van der Waals surface area contributed by atoms with E-state index in [-0.39, 0.29) is 22.1 Å². The fourth-order valence-corrected chi connectivity index (χ4v) is 2.10. The van der Waals surface area contributed by atoms with Crippen molar-refractivity contribution < 1.29 is 14.3 Å². The molecule has 2 rings (SSSR count). The van der Waals surface area contributed by atoms with Crippen LogP contribution in [0.15, 0.2) is 24.3 Å². The number of hydrogen-bond acceptors (Lipinski definition) is 3. The quantitative estimate of drug-likeness (QED) is 0.900. The average Bonchev–Trinajstić information content (AvgIpc) is 2.33. The number of aromatic carboxylic acids is 1. The van der Waals surface area contributed by atoms with Gasteiger partial charge in [0.15, 0.2) is 5.82 Å².